The summed E-state index contributed by atoms with van der Waals surface area (Å²) in [4.78, 5) is 32.1. The van der Waals surface area contributed by atoms with E-state index >= 15 is 0 Å². The van der Waals surface area contributed by atoms with Crippen LogP contribution in [-0.4, -0.2) is 38.2 Å². The number of carbonyl (C=O) groups is 2. The molecule has 0 atom stereocenters. The number of rotatable bonds is 9. The fourth-order valence-corrected chi connectivity index (χ4v) is 4.33. The number of halogens is 1. The van der Waals surface area contributed by atoms with Gasteiger partial charge in [0.15, 0.2) is 17.4 Å². The van der Waals surface area contributed by atoms with Crippen LogP contribution in [0.5, 0.6) is 23.1 Å². The zero-order valence-electron chi connectivity index (χ0n) is 29.1. The predicted molar refractivity (Wildman–Crippen MR) is 187 cm³/mol. The summed E-state index contributed by atoms with van der Waals surface area (Å²) < 4.78 is 35.8. The molecule has 4 aromatic rings. The molecule has 1 N–H and O–H groups in total. The molecule has 0 saturated heterocycles. The van der Waals surface area contributed by atoms with E-state index in [2.05, 4.69) is 9.97 Å². The fraction of sp³-hybridized carbons (Fsp3) is 0.359. The van der Waals surface area contributed by atoms with Crippen LogP contribution >= 0.6 is 0 Å². The number of carbonyl (C=O) groups excluding carboxylic acids is 2. The minimum atomic E-state index is -0.636. The molecule has 0 amide bonds. The molecule has 0 fully saturated rings. The number of ether oxygens (including phenoxy) is 4. The smallest absolute Gasteiger partial charge is 0.310 e. The molecule has 1 heterocycles. The molecule has 4 rings (SSSR count). The summed E-state index contributed by atoms with van der Waals surface area (Å²) in [7, 11) is 0. The number of aromatic nitrogens is 2. The number of hydrogen-bond donors (Lipinski definition) is 1. The minimum Gasteiger partial charge on any atom is -0.508 e. The Morgan fingerprint density at radius 2 is 1.42 bits per heavy atom. The lowest BCUT2D eigenvalue weighted by atomic mass is 10.1. The van der Waals surface area contributed by atoms with Crippen molar-refractivity contribution in [1.29, 1.82) is 5.26 Å². The van der Waals surface area contributed by atoms with Crippen molar-refractivity contribution in [2.45, 2.75) is 93.5 Å². The molecule has 0 radical (unpaired) electrons. The van der Waals surface area contributed by atoms with Crippen molar-refractivity contribution in [3.8, 4) is 29.2 Å². The first-order valence-corrected chi connectivity index (χ1v) is 15.5. The third-order valence-corrected chi connectivity index (χ3v) is 6.47. The number of nitriles is 1. The van der Waals surface area contributed by atoms with Gasteiger partial charge in [0.2, 0.25) is 5.88 Å². The zero-order chi connectivity index (χ0) is 36.4. The lowest BCUT2D eigenvalue weighted by Gasteiger charge is -2.20. The standard InChI is InChI=1S/C25H24FN3O4.C13H18O3.CH4/c1-16-11-19(7-6-18(16)13-24(30)33-25(2,3)4)32-23-9-10-28-22(29-23)15-31-21-8-5-17(14-27)12-20(21)26;1-9-7-11(14)6-5-10(9)8-12(15)16-13(2,3)4;/h5-12H,13,15H2,1-4H3;5-7,14H,8H2,1-4H3;1H4. The van der Waals surface area contributed by atoms with E-state index in [-0.39, 0.29) is 55.9 Å². The Labute approximate surface area is 293 Å². The highest BCUT2D eigenvalue weighted by Gasteiger charge is 2.18. The van der Waals surface area contributed by atoms with Crippen molar-refractivity contribution in [2.75, 3.05) is 0 Å². The molecule has 11 heteroatoms. The van der Waals surface area contributed by atoms with Gasteiger partial charge in [0.25, 0.3) is 0 Å². The molecule has 1 aromatic heterocycles. The lowest BCUT2D eigenvalue weighted by Crippen LogP contribution is -2.25. The van der Waals surface area contributed by atoms with Gasteiger partial charge in [0.1, 0.15) is 29.3 Å². The van der Waals surface area contributed by atoms with Crippen molar-refractivity contribution < 1.29 is 38.0 Å². The molecule has 0 saturated carbocycles. The van der Waals surface area contributed by atoms with Crippen LogP contribution in [0, 0.1) is 31.0 Å². The Morgan fingerprint density at radius 3 is 1.94 bits per heavy atom. The number of aromatic hydroxyl groups is 1. The fourth-order valence-electron chi connectivity index (χ4n) is 4.33. The van der Waals surface area contributed by atoms with E-state index in [9.17, 15) is 19.1 Å². The maximum absolute atomic E-state index is 14.0. The first-order valence-electron chi connectivity index (χ1n) is 15.5. The largest absolute Gasteiger partial charge is 0.508 e. The third kappa shape index (κ3) is 13.9. The highest BCUT2D eigenvalue weighted by Crippen LogP contribution is 2.24. The van der Waals surface area contributed by atoms with Crippen molar-refractivity contribution in [3.63, 3.8) is 0 Å². The molecule has 0 unspecified atom stereocenters. The van der Waals surface area contributed by atoms with Crippen LogP contribution in [0.1, 0.15) is 82.6 Å². The molecule has 3 aromatic carbocycles. The SMILES string of the molecule is C.Cc1cc(O)ccc1CC(=O)OC(C)(C)C.Cc1cc(Oc2ccnc(COc3ccc(C#N)cc3F)n2)ccc1CC(=O)OC(C)(C)C. The highest BCUT2D eigenvalue weighted by molar-refractivity contribution is 5.74. The lowest BCUT2D eigenvalue weighted by molar-refractivity contribution is -0.155. The predicted octanol–water partition coefficient (Wildman–Crippen LogP) is 8.27. The summed E-state index contributed by atoms with van der Waals surface area (Å²) in [6.45, 7) is 14.7. The average molecular weight is 688 g/mol. The zero-order valence-corrected chi connectivity index (χ0v) is 29.1. The van der Waals surface area contributed by atoms with Crippen LogP contribution in [0.3, 0.4) is 0 Å². The molecule has 0 aliphatic carbocycles. The normalized spacial score (nSPS) is 10.8. The summed E-state index contributed by atoms with van der Waals surface area (Å²) in [5.74, 6) is 0.176. The van der Waals surface area contributed by atoms with E-state index in [0.29, 0.717) is 17.5 Å². The second kappa shape index (κ2) is 17.8. The molecule has 50 heavy (non-hydrogen) atoms. The van der Waals surface area contributed by atoms with Crippen LogP contribution in [0.15, 0.2) is 66.9 Å². The Balaban J connectivity index is 0.000000430. The molecular formula is C39H46FN3O7. The van der Waals surface area contributed by atoms with Gasteiger partial charge in [-0.15, -0.1) is 0 Å². The molecule has 10 nitrogen and oxygen atoms in total. The van der Waals surface area contributed by atoms with Gasteiger partial charge in [-0.1, -0.05) is 19.6 Å². The van der Waals surface area contributed by atoms with Crippen LogP contribution in [0.2, 0.25) is 0 Å². The number of phenolic OH excluding ortho intramolecular Hbond substituents is 1. The van der Waals surface area contributed by atoms with E-state index in [4.69, 9.17) is 24.2 Å². The Bertz CT molecular complexity index is 1820. The van der Waals surface area contributed by atoms with Crippen molar-refractivity contribution >= 4 is 11.9 Å². The summed E-state index contributed by atoms with van der Waals surface area (Å²) in [5.41, 5.74) is 2.72. The minimum absolute atomic E-state index is 0. The summed E-state index contributed by atoms with van der Waals surface area (Å²) in [6.07, 6.45) is 1.92. The van der Waals surface area contributed by atoms with Gasteiger partial charge in [0.05, 0.1) is 24.5 Å². The Kier molecular flexibility index (Phi) is 14.5. The molecule has 0 bridgehead atoms. The monoisotopic (exact) mass is 687 g/mol. The van der Waals surface area contributed by atoms with Crippen LogP contribution < -0.4 is 9.47 Å². The van der Waals surface area contributed by atoms with Gasteiger partial charge in [0, 0.05) is 12.3 Å². The number of hydrogen-bond acceptors (Lipinski definition) is 10. The van der Waals surface area contributed by atoms with Crippen LogP contribution in [0.4, 0.5) is 4.39 Å². The number of phenols is 1. The van der Waals surface area contributed by atoms with Gasteiger partial charge in [-0.05, 0) is 120 Å². The first kappa shape index (κ1) is 40.7. The number of esters is 2. The second-order valence-electron chi connectivity index (χ2n) is 13.2. The Hall–Kier alpha value is -5.50. The van der Waals surface area contributed by atoms with E-state index in [1.54, 1.807) is 30.3 Å². The molecule has 0 aliphatic heterocycles. The van der Waals surface area contributed by atoms with Gasteiger partial charge in [-0.2, -0.15) is 10.2 Å². The quantitative estimate of drug-likeness (QED) is 0.171. The number of nitrogens with zero attached hydrogens (tertiary/aromatic N) is 3. The summed E-state index contributed by atoms with van der Waals surface area (Å²) in [6, 6.07) is 17.7. The van der Waals surface area contributed by atoms with E-state index < -0.39 is 17.0 Å². The summed E-state index contributed by atoms with van der Waals surface area (Å²) in [5, 5.41) is 18.1. The highest BCUT2D eigenvalue weighted by atomic mass is 19.1. The topological polar surface area (TPSA) is 141 Å². The Morgan fingerprint density at radius 1 is 0.840 bits per heavy atom. The second-order valence-corrected chi connectivity index (χ2v) is 13.2. The van der Waals surface area contributed by atoms with Gasteiger partial charge < -0.3 is 24.1 Å². The van der Waals surface area contributed by atoms with Crippen molar-refractivity contribution in [2.24, 2.45) is 0 Å². The first-order chi connectivity index (χ1) is 22.9. The molecular weight excluding hydrogens is 641 g/mol. The third-order valence-electron chi connectivity index (χ3n) is 6.47. The van der Waals surface area contributed by atoms with Gasteiger partial charge in [-0.3, -0.25) is 9.59 Å². The molecule has 0 spiro atoms. The molecule has 0 aliphatic rings. The van der Waals surface area contributed by atoms with E-state index in [0.717, 1.165) is 28.3 Å². The number of benzene rings is 3. The number of aryl methyl sites for hydroxylation is 2. The van der Waals surface area contributed by atoms with Crippen molar-refractivity contribution in [3.05, 3.63) is 106 Å². The maximum Gasteiger partial charge on any atom is 0.310 e. The van der Waals surface area contributed by atoms with Crippen LogP contribution in [0.25, 0.3) is 0 Å². The van der Waals surface area contributed by atoms with E-state index in [1.807, 2.05) is 73.6 Å². The molecule has 266 valence electrons. The van der Waals surface area contributed by atoms with E-state index in [1.165, 1.54) is 18.3 Å². The van der Waals surface area contributed by atoms with Gasteiger partial charge >= 0.3 is 11.9 Å². The maximum atomic E-state index is 14.0. The van der Waals surface area contributed by atoms with Gasteiger partial charge in [-0.25, -0.2) is 9.37 Å². The summed E-state index contributed by atoms with van der Waals surface area (Å²) >= 11 is 0. The van der Waals surface area contributed by atoms with Crippen LogP contribution in [-0.2, 0) is 38.5 Å². The average Bonchev–Trinajstić information content (AvgIpc) is 2.98. The van der Waals surface area contributed by atoms with Crippen molar-refractivity contribution in [1.82, 2.24) is 9.97 Å².